The van der Waals surface area contributed by atoms with Crippen molar-refractivity contribution in [2.45, 2.75) is 39.3 Å². The second kappa shape index (κ2) is 11.3. The third-order valence-corrected chi connectivity index (χ3v) is 8.95. The number of piperazine rings is 1. The van der Waals surface area contributed by atoms with Crippen LogP contribution in [0.5, 0.6) is 5.75 Å². The minimum absolute atomic E-state index is 0.0296. The molecule has 2 aliphatic heterocycles. The molecule has 45 heavy (non-hydrogen) atoms. The van der Waals surface area contributed by atoms with Gasteiger partial charge in [-0.25, -0.2) is 9.37 Å². The van der Waals surface area contributed by atoms with Crippen molar-refractivity contribution in [3.63, 3.8) is 0 Å². The molecule has 0 spiro atoms. The molecule has 3 aromatic heterocycles. The van der Waals surface area contributed by atoms with E-state index < -0.39 is 17.4 Å². The Morgan fingerprint density at radius 3 is 2.67 bits per heavy atom. The van der Waals surface area contributed by atoms with Gasteiger partial charge in [-0.05, 0) is 54.3 Å². The summed E-state index contributed by atoms with van der Waals surface area (Å²) in [5.41, 5.74) is 2.65. The SMILES string of the molecule is C=CC(=O)N1CCN2c3c(c(=O)n(Cc4c(C)ccnc4C(C)C)c4nc(-c5c(O)cccc5F)c(Cl)cc34)N(C)C(=O)[C@H]2C1. The minimum atomic E-state index is -0.763. The van der Waals surface area contributed by atoms with Crippen molar-refractivity contribution in [2.24, 2.45) is 0 Å². The van der Waals surface area contributed by atoms with Crippen LogP contribution in [0.3, 0.4) is 0 Å². The quantitative estimate of drug-likeness (QED) is 0.321. The van der Waals surface area contributed by atoms with Crippen LogP contribution in [0.2, 0.25) is 5.02 Å². The van der Waals surface area contributed by atoms with Gasteiger partial charge in [-0.3, -0.25) is 23.9 Å². The van der Waals surface area contributed by atoms with Crippen LogP contribution in [-0.2, 0) is 16.1 Å². The van der Waals surface area contributed by atoms with E-state index in [0.29, 0.717) is 17.6 Å². The van der Waals surface area contributed by atoms with Crippen molar-refractivity contribution in [3.8, 4) is 17.0 Å². The van der Waals surface area contributed by atoms with E-state index in [9.17, 15) is 19.5 Å². The molecule has 2 amide bonds. The Hall–Kier alpha value is -4.77. The average Bonchev–Trinajstić information content (AvgIpc) is 3.01. The number of nitrogens with zero attached hydrogens (tertiary/aromatic N) is 6. The number of rotatable bonds is 5. The van der Waals surface area contributed by atoms with Gasteiger partial charge in [-0.15, -0.1) is 0 Å². The molecule has 6 rings (SSSR count). The summed E-state index contributed by atoms with van der Waals surface area (Å²) in [6.45, 7) is 10.3. The number of anilines is 2. The van der Waals surface area contributed by atoms with Crippen molar-refractivity contribution >= 4 is 45.8 Å². The number of hydrogen-bond donors (Lipinski definition) is 1. The Morgan fingerprint density at radius 1 is 1.22 bits per heavy atom. The fraction of sp³-hybridized carbons (Fsp3) is 0.303. The van der Waals surface area contributed by atoms with Gasteiger partial charge >= 0.3 is 0 Å². The number of fused-ring (bicyclic) bond motifs is 5. The number of carbonyl (C=O) groups excluding carboxylic acids is 2. The van der Waals surface area contributed by atoms with Crippen LogP contribution in [0.25, 0.3) is 22.3 Å². The molecule has 1 saturated heterocycles. The first-order valence-corrected chi connectivity index (χ1v) is 15.0. The van der Waals surface area contributed by atoms with E-state index in [1.54, 1.807) is 24.2 Å². The van der Waals surface area contributed by atoms with Crippen LogP contribution >= 0.6 is 11.6 Å². The molecule has 0 unspecified atom stereocenters. The Kier molecular flexibility index (Phi) is 7.60. The summed E-state index contributed by atoms with van der Waals surface area (Å²) >= 11 is 6.79. The van der Waals surface area contributed by atoms with E-state index in [1.807, 2.05) is 31.7 Å². The monoisotopic (exact) mass is 630 g/mol. The maximum atomic E-state index is 15.1. The van der Waals surface area contributed by atoms with E-state index >= 15 is 4.39 Å². The Labute approximate surface area is 264 Å². The van der Waals surface area contributed by atoms with Gasteiger partial charge in [0.2, 0.25) is 5.91 Å². The molecule has 2 aliphatic rings. The number of aromatic hydroxyl groups is 1. The molecule has 0 bridgehead atoms. The molecule has 1 fully saturated rings. The van der Waals surface area contributed by atoms with E-state index in [2.05, 4.69) is 11.6 Å². The molecular weight excluding hydrogens is 599 g/mol. The normalized spacial score (nSPS) is 16.3. The summed E-state index contributed by atoms with van der Waals surface area (Å²) in [7, 11) is 1.54. The zero-order chi connectivity index (χ0) is 32.3. The molecule has 5 heterocycles. The highest BCUT2D eigenvalue weighted by atomic mass is 35.5. The molecule has 1 atom stereocenters. The van der Waals surface area contributed by atoms with Crippen molar-refractivity contribution < 1.29 is 19.1 Å². The van der Waals surface area contributed by atoms with Gasteiger partial charge in [0.25, 0.3) is 11.5 Å². The van der Waals surface area contributed by atoms with Crippen LogP contribution in [0, 0.1) is 12.7 Å². The lowest BCUT2D eigenvalue weighted by atomic mass is 9.98. The van der Waals surface area contributed by atoms with Crippen molar-refractivity contribution in [1.82, 2.24) is 19.4 Å². The molecule has 10 nitrogen and oxygen atoms in total. The third-order valence-electron chi connectivity index (χ3n) is 8.66. The topological polar surface area (TPSA) is 112 Å². The lowest BCUT2D eigenvalue weighted by Gasteiger charge is -2.47. The number of hydrogen-bond acceptors (Lipinski definition) is 7. The van der Waals surface area contributed by atoms with Crippen molar-refractivity contribution in [3.05, 3.63) is 87.2 Å². The summed E-state index contributed by atoms with van der Waals surface area (Å²) in [4.78, 5) is 54.9. The third kappa shape index (κ3) is 4.82. The number of carbonyl (C=O) groups is 2. The van der Waals surface area contributed by atoms with Crippen LogP contribution in [0.1, 0.15) is 36.6 Å². The number of likely N-dealkylation sites (N-methyl/N-ethyl adjacent to an activating group) is 1. The zero-order valence-electron chi connectivity index (χ0n) is 25.3. The number of halogens is 2. The maximum absolute atomic E-state index is 15.1. The number of amides is 2. The molecule has 0 saturated carbocycles. The van der Waals surface area contributed by atoms with Gasteiger partial charge in [0.05, 0.1) is 35.1 Å². The van der Waals surface area contributed by atoms with Gasteiger partial charge in [0, 0.05) is 37.4 Å². The van der Waals surface area contributed by atoms with Crippen molar-refractivity contribution in [2.75, 3.05) is 36.5 Å². The highest BCUT2D eigenvalue weighted by Crippen LogP contribution is 2.43. The van der Waals surface area contributed by atoms with Gasteiger partial charge in [-0.1, -0.05) is 38.1 Å². The lowest BCUT2D eigenvalue weighted by molar-refractivity contribution is -0.128. The van der Waals surface area contributed by atoms with Crippen LogP contribution in [0.4, 0.5) is 15.8 Å². The predicted octanol–water partition coefficient (Wildman–Crippen LogP) is 4.62. The Bertz CT molecular complexity index is 1960. The van der Waals surface area contributed by atoms with Crippen LogP contribution < -0.4 is 15.4 Å². The first-order chi connectivity index (χ1) is 21.4. The molecule has 1 aromatic carbocycles. The maximum Gasteiger partial charge on any atom is 0.278 e. The highest BCUT2D eigenvalue weighted by Gasteiger charge is 2.44. The van der Waals surface area contributed by atoms with E-state index in [4.69, 9.17) is 16.6 Å². The molecular formula is C33H32ClFN6O4. The minimum Gasteiger partial charge on any atom is -0.507 e. The average molecular weight is 631 g/mol. The first-order valence-electron chi connectivity index (χ1n) is 14.6. The molecule has 0 aliphatic carbocycles. The standard InChI is InChI=1S/C33H32ClFN6O4/c1-6-25(43)39-12-13-40-23(16-39)32(44)38(5)30-29(40)19-14-21(34)28(26-22(35)8-7-9-24(26)42)37-31(19)41(33(30)45)15-20-18(4)10-11-36-27(20)17(2)3/h6-11,14,17,23,42H,1,12-13,15-16H2,2-5H3/t23-/m1/s1. The van der Waals surface area contributed by atoms with Gasteiger partial charge < -0.3 is 19.8 Å². The second-order valence-corrected chi connectivity index (χ2v) is 12.1. The number of pyridine rings is 3. The fourth-order valence-corrected chi connectivity index (χ4v) is 6.62. The first kappa shape index (κ1) is 30.3. The molecule has 232 valence electrons. The Balaban J connectivity index is 1.67. The fourth-order valence-electron chi connectivity index (χ4n) is 6.37. The van der Waals surface area contributed by atoms with Gasteiger partial charge in [0.1, 0.15) is 28.9 Å². The number of aryl methyl sites for hydroxylation is 1. The molecule has 0 radical (unpaired) electrons. The lowest BCUT2D eigenvalue weighted by Crippen LogP contribution is -2.63. The highest BCUT2D eigenvalue weighted by molar-refractivity contribution is 6.34. The van der Waals surface area contributed by atoms with Crippen LogP contribution in [0.15, 0.2) is 54.0 Å². The van der Waals surface area contributed by atoms with Gasteiger partial charge in [-0.2, -0.15) is 0 Å². The van der Waals surface area contributed by atoms with E-state index in [0.717, 1.165) is 16.8 Å². The summed E-state index contributed by atoms with van der Waals surface area (Å²) in [6, 6.07) is 6.61. The van der Waals surface area contributed by atoms with Gasteiger partial charge in [0.15, 0.2) is 0 Å². The Morgan fingerprint density at radius 2 is 1.98 bits per heavy atom. The largest absolute Gasteiger partial charge is 0.507 e. The second-order valence-electron chi connectivity index (χ2n) is 11.7. The van der Waals surface area contributed by atoms with Crippen molar-refractivity contribution in [1.29, 1.82) is 0 Å². The van der Waals surface area contributed by atoms with E-state index in [1.165, 1.54) is 33.7 Å². The molecule has 4 aromatic rings. The number of phenolic OH excluding ortho intramolecular Hbond substituents is 1. The summed E-state index contributed by atoms with van der Waals surface area (Å²) in [5, 5.41) is 11.1. The number of benzene rings is 1. The van der Waals surface area contributed by atoms with E-state index in [-0.39, 0.29) is 70.7 Å². The molecule has 12 heteroatoms. The molecule has 1 N–H and O–H groups in total. The zero-order valence-corrected chi connectivity index (χ0v) is 26.1. The number of phenols is 1. The smallest absolute Gasteiger partial charge is 0.278 e. The predicted molar refractivity (Wildman–Crippen MR) is 172 cm³/mol. The van der Waals surface area contributed by atoms with Crippen LogP contribution in [-0.4, -0.2) is 69.1 Å². The summed E-state index contributed by atoms with van der Waals surface area (Å²) < 4.78 is 16.6. The summed E-state index contributed by atoms with van der Waals surface area (Å²) in [6.07, 6.45) is 2.94. The number of aromatic nitrogens is 3. The summed E-state index contributed by atoms with van der Waals surface area (Å²) in [5.74, 6) is -1.65.